The maximum Gasteiger partial charge on any atom is 0.166 e. The number of benzene rings is 1. The first-order valence-corrected chi connectivity index (χ1v) is 6.39. The summed E-state index contributed by atoms with van der Waals surface area (Å²) >= 11 is 5.99. The number of Topliss-reactive ketones (excluding diaryl/α,β-unsaturated/α-hetero) is 1. The predicted octanol–water partition coefficient (Wildman–Crippen LogP) is 3.29. The molecule has 0 fully saturated rings. The van der Waals surface area contributed by atoms with Crippen LogP contribution in [0.15, 0.2) is 30.5 Å². The molecule has 4 heteroatoms. The average Bonchev–Trinajstić information content (AvgIpc) is 2.72. The van der Waals surface area contributed by atoms with E-state index in [0.717, 1.165) is 23.4 Å². The van der Waals surface area contributed by atoms with E-state index in [1.165, 1.54) is 0 Å². The van der Waals surface area contributed by atoms with Gasteiger partial charge in [-0.3, -0.25) is 4.79 Å². The van der Waals surface area contributed by atoms with Crippen LogP contribution in [0.2, 0.25) is 5.02 Å². The molecular weight excluding hydrogens is 248 g/mol. The lowest BCUT2D eigenvalue weighted by Crippen LogP contribution is -2.19. The van der Waals surface area contributed by atoms with Crippen molar-refractivity contribution in [2.45, 2.75) is 19.8 Å². The summed E-state index contributed by atoms with van der Waals surface area (Å²) in [4.78, 5) is 11.9. The van der Waals surface area contributed by atoms with Crippen LogP contribution < -0.4 is 0 Å². The minimum atomic E-state index is 0.192. The second-order valence-electron chi connectivity index (χ2n) is 4.83. The molecule has 1 aliphatic carbocycles. The fourth-order valence-corrected chi connectivity index (χ4v) is 2.65. The van der Waals surface area contributed by atoms with Gasteiger partial charge in [0.25, 0.3) is 0 Å². The van der Waals surface area contributed by atoms with Crippen molar-refractivity contribution in [2.24, 2.45) is 5.92 Å². The normalized spacial score (nSPS) is 18.8. The molecule has 2 aromatic rings. The third kappa shape index (κ3) is 1.85. The fourth-order valence-electron chi connectivity index (χ4n) is 2.46. The van der Waals surface area contributed by atoms with Gasteiger partial charge in [-0.15, -0.1) is 0 Å². The molecule has 1 aromatic carbocycles. The average molecular weight is 261 g/mol. The van der Waals surface area contributed by atoms with Crippen LogP contribution in [0.5, 0.6) is 0 Å². The van der Waals surface area contributed by atoms with Crippen molar-refractivity contribution in [3.05, 3.63) is 46.7 Å². The van der Waals surface area contributed by atoms with Crippen LogP contribution >= 0.6 is 11.6 Å². The second-order valence-corrected chi connectivity index (χ2v) is 5.27. The number of hydrogen-bond acceptors (Lipinski definition) is 2. The molecule has 0 saturated heterocycles. The molecule has 0 N–H and O–H groups in total. The van der Waals surface area contributed by atoms with E-state index in [9.17, 15) is 4.79 Å². The molecule has 1 atom stereocenters. The van der Waals surface area contributed by atoms with Crippen molar-refractivity contribution in [1.29, 1.82) is 0 Å². The lowest BCUT2D eigenvalue weighted by Gasteiger charge is -2.18. The van der Waals surface area contributed by atoms with E-state index in [1.807, 2.05) is 28.9 Å². The molecule has 0 aliphatic heterocycles. The first kappa shape index (κ1) is 11.5. The number of nitrogens with zero attached hydrogens (tertiary/aromatic N) is 2. The van der Waals surface area contributed by atoms with Crippen LogP contribution in [0.1, 0.15) is 29.4 Å². The van der Waals surface area contributed by atoms with Crippen LogP contribution in [0.25, 0.3) is 5.69 Å². The minimum absolute atomic E-state index is 0.192. The highest BCUT2D eigenvalue weighted by Crippen LogP contribution is 2.27. The fraction of sp³-hybridized carbons (Fsp3) is 0.286. The van der Waals surface area contributed by atoms with Gasteiger partial charge in [-0.05, 0) is 30.5 Å². The molecule has 1 aliphatic rings. The molecule has 92 valence electrons. The number of hydrogen-bond donors (Lipinski definition) is 0. The smallest absolute Gasteiger partial charge is 0.166 e. The standard InChI is InChI=1S/C14H13ClN2O/c1-9-5-13-12(14(18)6-9)8-16-17(13)11-4-2-3-10(15)7-11/h2-4,7-9H,5-6H2,1H3/t9-/m0/s1. The van der Waals surface area contributed by atoms with Gasteiger partial charge >= 0.3 is 0 Å². The van der Waals surface area contributed by atoms with Gasteiger partial charge in [0, 0.05) is 11.4 Å². The Balaban J connectivity index is 2.12. The SMILES string of the molecule is C[C@@H]1CC(=O)c2cnn(-c3cccc(Cl)c3)c2C1. The van der Waals surface area contributed by atoms with E-state index in [2.05, 4.69) is 12.0 Å². The molecule has 3 rings (SSSR count). The Kier molecular flexibility index (Phi) is 2.71. The van der Waals surface area contributed by atoms with Crippen LogP contribution in [-0.4, -0.2) is 15.6 Å². The molecular formula is C14H13ClN2O. The van der Waals surface area contributed by atoms with Gasteiger partial charge in [0.05, 0.1) is 23.1 Å². The lowest BCUT2D eigenvalue weighted by molar-refractivity contribution is 0.0953. The van der Waals surface area contributed by atoms with E-state index >= 15 is 0 Å². The lowest BCUT2D eigenvalue weighted by atomic mass is 9.88. The largest absolute Gasteiger partial charge is 0.294 e. The number of ketones is 1. The Morgan fingerprint density at radius 1 is 1.39 bits per heavy atom. The number of carbonyl (C=O) groups is 1. The summed E-state index contributed by atoms with van der Waals surface area (Å²) in [6.07, 6.45) is 3.17. The van der Waals surface area contributed by atoms with Crippen LogP contribution in [0.4, 0.5) is 0 Å². The molecule has 18 heavy (non-hydrogen) atoms. The summed E-state index contributed by atoms with van der Waals surface area (Å²) in [7, 11) is 0. The Labute approximate surface area is 110 Å². The van der Waals surface area contributed by atoms with Crippen molar-refractivity contribution in [1.82, 2.24) is 9.78 Å². The second kappa shape index (κ2) is 4.25. The molecule has 1 heterocycles. The molecule has 0 bridgehead atoms. The Morgan fingerprint density at radius 2 is 2.22 bits per heavy atom. The van der Waals surface area contributed by atoms with E-state index in [0.29, 0.717) is 17.4 Å². The topological polar surface area (TPSA) is 34.9 Å². The molecule has 0 amide bonds. The van der Waals surface area contributed by atoms with E-state index in [4.69, 9.17) is 11.6 Å². The zero-order valence-electron chi connectivity index (χ0n) is 10.1. The van der Waals surface area contributed by atoms with Crippen LogP contribution in [0.3, 0.4) is 0 Å². The molecule has 0 unspecified atom stereocenters. The number of carbonyl (C=O) groups excluding carboxylic acids is 1. The summed E-state index contributed by atoms with van der Waals surface area (Å²) in [6, 6.07) is 7.52. The molecule has 3 nitrogen and oxygen atoms in total. The van der Waals surface area contributed by atoms with Crippen molar-refractivity contribution in [2.75, 3.05) is 0 Å². The number of halogens is 1. The third-order valence-electron chi connectivity index (χ3n) is 3.30. The summed E-state index contributed by atoms with van der Waals surface area (Å²) in [5.41, 5.74) is 2.67. The summed E-state index contributed by atoms with van der Waals surface area (Å²) in [5, 5.41) is 5.00. The van der Waals surface area contributed by atoms with E-state index < -0.39 is 0 Å². The zero-order chi connectivity index (χ0) is 12.7. The maximum absolute atomic E-state index is 11.9. The number of fused-ring (bicyclic) bond motifs is 1. The van der Waals surface area contributed by atoms with Gasteiger partial charge in [0.2, 0.25) is 0 Å². The van der Waals surface area contributed by atoms with Crippen molar-refractivity contribution in [3.63, 3.8) is 0 Å². The molecule has 0 radical (unpaired) electrons. The minimum Gasteiger partial charge on any atom is -0.294 e. The van der Waals surface area contributed by atoms with Crippen molar-refractivity contribution < 1.29 is 4.79 Å². The highest BCUT2D eigenvalue weighted by Gasteiger charge is 2.26. The van der Waals surface area contributed by atoms with Gasteiger partial charge in [-0.1, -0.05) is 24.6 Å². The maximum atomic E-state index is 11.9. The Hall–Kier alpha value is -1.61. The van der Waals surface area contributed by atoms with Crippen molar-refractivity contribution >= 4 is 17.4 Å². The highest BCUT2D eigenvalue weighted by atomic mass is 35.5. The quantitative estimate of drug-likeness (QED) is 0.789. The highest BCUT2D eigenvalue weighted by molar-refractivity contribution is 6.30. The molecule has 0 saturated carbocycles. The zero-order valence-corrected chi connectivity index (χ0v) is 10.8. The summed E-state index contributed by atoms with van der Waals surface area (Å²) in [6.45, 7) is 2.09. The van der Waals surface area contributed by atoms with Gasteiger partial charge < -0.3 is 0 Å². The first-order chi connectivity index (χ1) is 8.65. The van der Waals surface area contributed by atoms with Crippen molar-refractivity contribution in [3.8, 4) is 5.69 Å². The Bertz CT molecular complexity index is 618. The number of aromatic nitrogens is 2. The first-order valence-electron chi connectivity index (χ1n) is 6.01. The molecule has 1 aromatic heterocycles. The van der Waals surface area contributed by atoms with Crippen LogP contribution in [-0.2, 0) is 6.42 Å². The third-order valence-corrected chi connectivity index (χ3v) is 3.53. The van der Waals surface area contributed by atoms with E-state index in [1.54, 1.807) is 6.20 Å². The molecule has 0 spiro atoms. The predicted molar refractivity (Wildman–Crippen MR) is 70.4 cm³/mol. The van der Waals surface area contributed by atoms with Gasteiger partial charge in [-0.25, -0.2) is 4.68 Å². The van der Waals surface area contributed by atoms with Gasteiger partial charge in [0.15, 0.2) is 5.78 Å². The Morgan fingerprint density at radius 3 is 3.00 bits per heavy atom. The summed E-state index contributed by atoms with van der Waals surface area (Å²) in [5.74, 6) is 0.566. The van der Waals surface area contributed by atoms with Gasteiger partial charge in [-0.2, -0.15) is 5.10 Å². The van der Waals surface area contributed by atoms with Crippen LogP contribution in [0, 0.1) is 5.92 Å². The number of rotatable bonds is 1. The van der Waals surface area contributed by atoms with Gasteiger partial charge in [0.1, 0.15) is 0 Å². The summed E-state index contributed by atoms with van der Waals surface area (Å²) < 4.78 is 1.83. The van der Waals surface area contributed by atoms with E-state index in [-0.39, 0.29) is 5.78 Å². The monoisotopic (exact) mass is 260 g/mol.